The Hall–Kier alpha value is -2.50. The van der Waals surface area contributed by atoms with Crippen LogP contribution in [0.25, 0.3) is 0 Å². The van der Waals surface area contributed by atoms with Gasteiger partial charge in [0.2, 0.25) is 5.89 Å². The second-order valence-corrected chi connectivity index (χ2v) is 4.42. The quantitative estimate of drug-likeness (QED) is 0.760. The first kappa shape index (κ1) is 11.6. The van der Waals surface area contributed by atoms with Gasteiger partial charge in [0.05, 0.1) is 17.8 Å². The van der Waals surface area contributed by atoms with Gasteiger partial charge < -0.3 is 4.52 Å². The molecule has 0 radical (unpaired) electrons. The van der Waals surface area contributed by atoms with Crippen LogP contribution in [0, 0.1) is 13.8 Å². The predicted octanol–water partition coefficient (Wildman–Crippen LogP) is 1.42. The lowest BCUT2D eigenvalue weighted by atomic mass is 10.1. The van der Waals surface area contributed by atoms with Gasteiger partial charge >= 0.3 is 0 Å². The number of fused-ring (bicyclic) bond motifs is 1. The van der Waals surface area contributed by atoms with E-state index in [0.717, 1.165) is 5.56 Å². The van der Waals surface area contributed by atoms with Crippen LogP contribution in [0.1, 0.15) is 27.6 Å². The molecular formula is C13H11N3O3. The van der Waals surface area contributed by atoms with Crippen molar-refractivity contribution in [1.82, 2.24) is 10.1 Å². The van der Waals surface area contributed by atoms with Crippen LogP contribution in [0.5, 0.6) is 0 Å². The Balaban J connectivity index is 2.04. The van der Waals surface area contributed by atoms with Crippen LogP contribution in [0.15, 0.2) is 22.7 Å². The number of ketones is 1. The Morgan fingerprint density at radius 1 is 1.26 bits per heavy atom. The molecule has 0 saturated carbocycles. The monoisotopic (exact) mass is 257 g/mol. The molecule has 6 heteroatoms. The van der Waals surface area contributed by atoms with Crippen molar-refractivity contribution in [3.05, 3.63) is 41.0 Å². The number of hydrogen-bond acceptors (Lipinski definition) is 5. The molecule has 0 bridgehead atoms. The minimum Gasteiger partial charge on any atom is -0.340 e. The number of anilines is 1. The van der Waals surface area contributed by atoms with Gasteiger partial charge in [-0.25, -0.2) is 0 Å². The summed E-state index contributed by atoms with van der Waals surface area (Å²) in [5.41, 5.74) is 1.95. The molecule has 0 saturated heterocycles. The van der Waals surface area contributed by atoms with Crippen LogP contribution in [-0.2, 0) is 11.3 Å². The first-order valence-electron chi connectivity index (χ1n) is 5.83. The van der Waals surface area contributed by atoms with E-state index >= 15 is 0 Å². The molecule has 1 aliphatic rings. The van der Waals surface area contributed by atoms with Gasteiger partial charge in [-0.3, -0.25) is 14.5 Å². The molecule has 2 aromatic rings. The van der Waals surface area contributed by atoms with E-state index < -0.39 is 11.7 Å². The molecule has 0 spiro atoms. The molecule has 6 nitrogen and oxygen atoms in total. The van der Waals surface area contributed by atoms with E-state index in [-0.39, 0.29) is 6.54 Å². The zero-order valence-corrected chi connectivity index (χ0v) is 10.5. The Bertz CT molecular complexity index is 690. The second-order valence-electron chi connectivity index (χ2n) is 4.42. The maximum absolute atomic E-state index is 12.0. The smallest absolute Gasteiger partial charge is 0.299 e. The van der Waals surface area contributed by atoms with Crippen molar-refractivity contribution in [2.75, 3.05) is 4.90 Å². The summed E-state index contributed by atoms with van der Waals surface area (Å²) in [4.78, 5) is 29.4. The summed E-state index contributed by atoms with van der Waals surface area (Å²) in [6.07, 6.45) is 0. The molecule has 0 N–H and O–H groups in total. The van der Waals surface area contributed by atoms with Crippen molar-refractivity contribution in [2.24, 2.45) is 0 Å². The van der Waals surface area contributed by atoms with E-state index in [9.17, 15) is 9.59 Å². The van der Waals surface area contributed by atoms with E-state index in [1.54, 1.807) is 19.1 Å². The number of carbonyl (C=O) groups is 2. The number of benzene rings is 1. The Morgan fingerprint density at radius 3 is 2.74 bits per heavy atom. The topological polar surface area (TPSA) is 76.3 Å². The number of rotatable bonds is 2. The fourth-order valence-corrected chi connectivity index (χ4v) is 2.24. The molecule has 96 valence electrons. The van der Waals surface area contributed by atoms with E-state index in [1.165, 1.54) is 4.90 Å². The van der Waals surface area contributed by atoms with Gasteiger partial charge in [0.25, 0.3) is 11.7 Å². The molecule has 0 aliphatic carbocycles. The zero-order chi connectivity index (χ0) is 13.6. The largest absolute Gasteiger partial charge is 0.340 e. The highest BCUT2D eigenvalue weighted by Crippen LogP contribution is 2.32. The van der Waals surface area contributed by atoms with Gasteiger partial charge in [0.1, 0.15) is 0 Å². The SMILES string of the molecule is Cc1nc(CN2C(=O)C(=O)c3cccc(C)c32)no1. The summed E-state index contributed by atoms with van der Waals surface area (Å²) in [7, 11) is 0. The standard InChI is InChI=1S/C13H11N3O3/c1-7-4-3-5-9-11(7)16(13(18)12(9)17)6-10-14-8(2)19-15-10/h3-5H,6H2,1-2H3. The maximum Gasteiger partial charge on any atom is 0.299 e. The molecule has 0 unspecified atom stereocenters. The van der Waals surface area contributed by atoms with Gasteiger partial charge in [-0.2, -0.15) is 4.98 Å². The molecule has 1 aromatic heterocycles. The summed E-state index contributed by atoms with van der Waals surface area (Å²) in [6.45, 7) is 3.67. The summed E-state index contributed by atoms with van der Waals surface area (Å²) in [6, 6.07) is 5.28. The van der Waals surface area contributed by atoms with E-state index in [1.807, 2.05) is 13.0 Å². The van der Waals surface area contributed by atoms with Crippen molar-refractivity contribution < 1.29 is 14.1 Å². The summed E-state index contributed by atoms with van der Waals surface area (Å²) >= 11 is 0. The highest BCUT2D eigenvalue weighted by Gasteiger charge is 2.37. The number of para-hydroxylation sites is 1. The van der Waals surface area contributed by atoms with E-state index in [4.69, 9.17) is 4.52 Å². The molecule has 0 atom stereocenters. The van der Waals surface area contributed by atoms with Gasteiger partial charge in [-0.05, 0) is 18.6 Å². The minimum absolute atomic E-state index is 0.139. The van der Waals surface area contributed by atoms with Gasteiger partial charge in [-0.1, -0.05) is 17.3 Å². The molecule has 1 aliphatic heterocycles. The first-order chi connectivity index (χ1) is 9.08. The van der Waals surface area contributed by atoms with Crippen LogP contribution in [0.3, 0.4) is 0 Å². The van der Waals surface area contributed by atoms with Crippen molar-refractivity contribution in [3.8, 4) is 0 Å². The molecule has 1 amide bonds. The van der Waals surface area contributed by atoms with Crippen LogP contribution in [-0.4, -0.2) is 21.8 Å². The van der Waals surface area contributed by atoms with Crippen molar-refractivity contribution >= 4 is 17.4 Å². The lowest BCUT2D eigenvalue weighted by Gasteiger charge is -2.16. The van der Waals surface area contributed by atoms with Crippen molar-refractivity contribution in [1.29, 1.82) is 0 Å². The van der Waals surface area contributed by atoms with Crippen molar-refractivity contribution in [2.45, 2.75) is 20.4 Å². The third-order valence-electron chi connectivity index (χ3n) is 3.06. The fraction of sp³-hybridized carbons (Fsp3) is 0.231. The number of aryl methyl sites for hydroxylation is 2. The van der Waals surface area contributed by atoms with E-state index in [0.29, 0.717) is 23.0 Å². The van der Waals surface area contributed by atoms with Crippen LogP contribution in [0.2, 0.25) is 0 Å². The normalized spacial score (nSPS) is 14.1. The average Bonchev–Trinajstić information content (AvgIpc) is 2.89. The number of nitrogens with zero attached hydrogens (tertiary/aromatic N) is 3. The number of amides is 1. The summed E-state index contributed by atoms with van der Waals surface area (Å²) < 4.78 is 4.87. The molecule has 2 heterocycles. The van der Waals surface area contributed by atoms with Crippen molar-refractivity contribution in [3.63, 3.8) is 0 Å². The van der Waals surface area contributed by atoms with Crippen LogP contribution >= 0.6 is 0 Å². The van der Waals surface area contributed by atoms with Crippen LogP contribution < -0.4 is 4.90 Å². The average molecular weight is 257 g/mol. The lowest BCUT2D eigenvalue weighted by Crippen LogP contribution is -2.30. The second kappa shape index (κ2) is 4.01. The Morgan fingerprint density at radius 2 is 2.05 bits per heavy atom. The van der Waals surface area contributed by atoms with Gasteiger partial charge in [-0.15, -0.1) is 0 Å². The third kappa shape index (κ3) is 1.72. The molecule has 19 heavy (non-hydrogen) atoms. The number of Topliss-reactive ketones (excluding diaryl/α,β-unsaturated/α-hetero) is 1. The summed E-state index contributed by atoms with van der Waals surface area (Å²) in [5, 5.41) is 3.75. The van der Waals surface area contributed by atoms with Crippen LogP contribution in [0.4, 0.5) is 5.69 Å². The predicted molar refractivity (Wildman–Crippen MR) is 65.7 cm³/mol. The Labute approximate surface area is 109 Å². The third-order valence-corrected chi connectivity index (χ3v) is 3.06. The molecule has 3 rings (SSSR count). The highest BCUT2D eigenvalue weighted by atomic mass is 16.5. The minimum atomic E-state index is -0.549. The number of carbonyl (C=O) groups excluding carboxylic acids is 2. The molecular weight excluding hydrogens is 246 g/mol. The lowest BCUT2D eigenvalue weighted by molar-refractivity contribution is -0.114. The highest BCUT2D eigenvalue weighted by molar-refractivity contribution is 6.52. The summed E-state index contributed by atoms with van der Waals surface area (Å²) in [5.74, 6) is -0.224. The first-order valence-corrected chi connectivity index (χ1v) is 5.83. The molecule has 1 aromatic carbocycles. The molecule has 0 fully saturated rings. The number of aromatic nitrogens is 2. The van der Waals surface area contributed by atoms with E-state index in [2.05, 4.69) is 10.1 Å². The zero-order valence-electron chi connectivity index (χ0n) is 10.5. The maximum atomic E-state index is 12.0. The fourth-order valence-electron chi connectivity index (χ4n) is 2.24. The Kier molecular flexibility index (Phi) is 2.45. The number of hydrogen-bond donors (Lipinski definition) is 0. The van der Waals surface area contributed by atoms with Gasteiger partial charge in [0.15, 0.2) is 5.82 Å². The van der Waals surface area contributed by atoms with Gasteiger partial charge in [0, 0.05) is 6.92 Å².